The standard InChI is InChI=1S/C19H28N2O2/c1-14(2)12-20(13-17-9-6-5-8-15(17)3)19(23)18-10-7-11-21(18)16(4)22/h5-6,8-9,14,18H,7,10-13H2,1-4H3/t18-/m0/s1. The Morgan fingerprint density at radius 3 is 2.61 bits per heavy atom. The zero-order valence-corrected chi connectivity index (χ0v) is 14.7. The molecular weight excluding hydrogens is 288 g/mol. The lowest BCUT2D eigenvalue weighted by molar-refractivity contribution is -0.143. The summed E-state index contributed by atoms with van der Waals surface area (Å²) in [5.74, 6) is 0.492. The molecule has 4 heteroatoms. The van der Waals surface area contributed by atoms with E-state index in [2.05, 4.69) is 32.9 Å². The minimum absolute atomic E-state index is 0.00115. The van der Waals surface area contributed by atoms with Gasteiger partial charge in [0.2, 0.25) is 11.8 Å². The molecule has 1 saturated heterocycles. The fourth-order valence-corrected chi connectivity index (χ4v) is 3.28. The number of hydrogen-bond acceptors (Lipinski definition) is 2. The molecule has 1 fully saturated rings. The van der Waals surface area contributed by atoms with Crippen LogP contribution in [0.4, 0.5) is 0 Å². The minimum Gasteiger partial charge on any atom is -0.336 e. The molecule has 0 bridgehead atoms. The van der Waals surface area contributed by atoms with Gasteiger partial charge in [-0.2, -0.15) is 0 Å². The molecule has 1 aromatic carbocycles. The average Bonchev–Trinajstić information content (AvgIpc) is 2.97. The third kappa shape index (κ3) is 4.34. The first-order valence-electron chi connectivity index (χ1n) is 8.50. The number of carbonyl (C=O) groups is 2. The summed E-state index contributed by atoms with van der Waals surface area (Å²) in [7, 11) is 0. The normalized spacial score (nSPS) is 17.6. The van der Waals surface area contributed by atoms with Gasteiger partial charge in [0.05, 0.1) is 0 Å². The highest BCUT2D eigenvalue weighted by Crippen LogP contribution is 2.22. The van der Waals surface area contributed by atoms with Crippen molar-refractivity contribution in [2.75, 3.05) is 13.1 Å². The van der Waals surface area contributed by atoms with Crippen molar-refractivity contribution >= 4 is 11.8 Å². The van der Waals surface area contributed by atoms with E-state index in [0.29, 0.717) is 19.0 Å². The maximum Gasteiger partial charge on any atom is 0.245 e. The van der Waals surface area contributed by atoms with Crippen LogP contribution in [0, 0.1) is 12.8 Å². The van der Waals surface area contributed by atoms with Crippen molar-refractivity contribution in [3.8, 4) is 0 Å². The van der Waals surface area contributed by atoms with E-state index in [1.165, 1.54) is 11.1 Å². The second kappa shape index (κ2) is 7.62. The van der Waals surface area contributed by atoms with Gasteiger partial charge in [0, 0.05) is 26.6 Å². The molecule has 2 amide bonds. The first kappa shape index (κ1) is 17.5. The summed E-state index contributed by atoms with van der Waals surface area (Å²) in [6, 6.07) is 7.90. The van der Waals surface area contributed by atoms with Gasteiger partial charge in [-0.25, -0.2) is 0 Å². The van der Waals surface area contributed by atoms with Crippen molar-refractivity contribution in [2.45, 2.75) is 53.1 Å². The predicted molar refractivity (Wildman–Crippen MR) is 91.8 cm³/mol. The average molecular weight is 316 g/mol. The molecule has 2 rings (SSSR count). The summed E-state index contributed by atoms with van der Waals surface area (Å²) in [4.78, 5) is 28.5. The number of nitrogens with zero attached hydrogens (tertiary/aromatic N) is 2. The fourth-order valence-electron chi connectivity index (χ4n) is 3.28. The van der Waals surface area contributed by atoms with Gasteiger partial charge in [-0.1, -0.05) is 38.1 Å². The topological polar surface area (TPSA) is 40.6 Å². The molecule has 0 saturated carbocycles. The van der Waals surface area contributed by atoms with Crippen LogP contribution in [-0.4, -0.2) is 40.7 Å². The molecular formula is C19H28N2O2. The van der Waals surface area contributed by atoms with E-state index in [1.807, 2.05) is 17.0 Å². The van der Waals surface area contributed by atoms with Gasteiger partial charge < -0.3 is 9.80 Å². The Hall–Kier alpha value is -1.84. The van der Waals surface area contributed by atoms with Gasteiger partial charge in [0.1, 0.15) is 6.04 Å². The monoisotopic (exact) mass is 316 g/mol. The quantitative estimate of drug-likeness (QED) is 0.838. The Kier molecular flexibility index (Phi) is 5.80. The van der Waals surface area contributed by atoms with Crippen LogP contribution in [0.5, 0.6) is 0 Å². The number of amides is 2. The van der Waals surface area contributed by atoms with Crippen LogP contribution in [-0.2, 0) is 16.1 Å². The molecule has 1 heterocycles. The summed E-state index contributed by atoms with van der Waals surface area (Å²) in [6.07, 6.45) is 1.69. The summed E-state index contributed by atoms with van der Waals surface area (Å²) in [5.41, 5.74) is 2.37. The van der Waals surface area contributed by atoms with Gasteiger partial charge in [0.25, 0.3) is 0 Å². The second-order valence-electron chi connectivity index (χ2n) is 6.91. The van der Waals surface area contributed by atoms with Crippen LogP contribution in [0.1, 0.15) is 44.7 Å². The zero-order valence-electron chi connectivity index (χ0n) is 14.7. The minimum atomic E-state index is -0.282. The van der Waals surface area contributed by atoms with Crippen molar-refractivity contribution in [2.24, 2.45) is 5.92 Å². The van der Waals surface area contributed by atoms with E-state index in [9.17, 15) is 9.59 Å². The Labute approximate surface area is 139 Å². The van der Waals surface area contributed by atoms with Crippen LogP contribution in [0.15, 0.2) is 24.3 Å². The first-order valence-corrected chi connectivity index (χ1v) is 8.50. The smallest absolute Gasteiger partial charge is 0.245 e. The van der Waals surface area contributed by atoms with Gasteiger partial charge in [-0.3, -0.25) is 9.59 Å². The van der Waals surface area contributed by atoms with Gasteiger partial charge in [-0.05, 0) is 36.8 Å². The number of aryl methyl sites for hydroxylation is 1. The molecule has 0 N–H and O–H groups in total. The molecule has 1 aromatic rings. The summed E-state index contributed by atoms with van der Waals surface area (Å²) >= 11 is 0. The lowest BCUT2D eigenvalue weighted by Crippen LogP contribution is -2.48. The van der Waals surface area contributed by atoms with E-state index in [-0.39, 0.29) is 17.9 Å². The SMILES string of the molecule is CC(=O)N1CCC[C@H]1C(=O)N(Cc1ccccc1C)CC(C)C. The van der Waals surface area contributed by atoms with E-state index in [1.54, 1.807) is 11.8 Å². The van der Waals surface area contributed by atoms with Gasteiger partial charge in [-0.15, -0.1) is 0 Å². The fraction of sp³-hybridized carbons (Fsp3) is 0.579. The van der Waals surface area contributed by atoms with Gasteiger partial charge >= 0.3 is 0 Å². The molecule has 126 valence electrons. The number of benzene rings is 1. The molecule has 23 heavy (non-hydrogen) atoms. The highest BCUT2D eigenvalue weighted by molar-refractivity contribution is 5.87. The lowest BCUT2D eigenvalue weighted by Gasteiger charge is -2.31. The molecule has 0 unspecified atom stereocenters. The highest BCUT2D eigenvalue weighted by Gasteiger charge is 2.35. The van der Waals surface area contributed by atoms with Crippen molar-refractivity contribution < 1.29 is 9.59 Å². The van der Waals surface area contributed by atoms with Crippen LogP contribution >= 0.6 is 0 Å². The molecule has 0 spiro atoms. The molecule has 0 aliphatic carbocycles. The molecule has 1 atom stereocenters. The number of rotatable bonds is 5. The van der Waals surface area contributed by atoms with Crippen molar-refractivity contribution in [1.29, 1.82) is 0 Å². The largest absolute Gasteiger partial charge is 0.336 e. The molecule has 1 aliphatic rings. The van der Waals surface area contributed by atoms with Crippen molar-refractivity contribution in [3.05, 3.63) is 35.4 Å². The third-order valence-electron chi connectivity index (χ3n) is 4.46. The maximum atomic E-state index is 13.0. The number of carbonyl (C=O) groups excluding carboxylic acids is 2. The van der Waals surface area contributed by atoms with E-state index in [0.717, 1.165) is 19.4 Å². The molecule has 1 aliphatic heterocycles. The Morgan fingerprint density at radius 2 is 2.00 bits per heavy atom. The predicted octanol–water partition coefficient (Wildman–Crippen LogP) is 2.99. The highest BCUT2D eigenvalue weighted by atomic mass is 16.2. The Bertz CT molecular complexity index is 568. The van der Waals surface area contributed by atoms with Crippen molar-refractivity contribution in [1.82, 2.24) is 9.80 Å². The van der Waals surface area contributed by atoms with Crippen molar-refractivity contribution in [3.63, 3.8) is 0 Å². The third-order valence-corrected chi connectivity index (χ3v) is 4.46. The van der Waals surface area contributed by atoms with E-state index >= 15 is 0 Å². The van der Waals surface area contributed by atoms with Crippen LogP contribution in [0.25, 0.3) is 0 Å². The summed E-state index contributed by atoms with van der Waals surface area (Å²) in [6.45, 7) is 9.91. The Morgan fingerprint density at radius 1 is 1.30 bits per heavy atom. The van der Waals surface area contributed by atoms with Crippen LogP contribution in [0.3, 0.4) is 0 Å². The van der Waals surface area contributed by atoms with E-state index in [4.69, 9.17) is 0 Å². The summed E-state index contributed by atoms with van der Waals surface area (Å²) < 4.78 is 0. The Balaban J connectivity index is 2.19. The molecule has 0 aromatic heterocycles. The lowest BCUT2D eigenvalue weighted by atomic mass is 10.1. The van der Waals surface area contributed by atoms with E-state index < -0.39 is 0 Å². The van der Waals surface area contributed by atoms with Gasteiger partial charge in [0.15, 0.2) is 0 Å². The van der Waals surface area contributed by atoms with Crippen LogP contribution in [0.2, 0.25) is 0 Å². The first-order chi connectivity index (χ1) is 10.9. The number of hydrogen-bond donors (Lipinski definition) is 0. The van der Waals surface area contributed by atoms with Crippen LogP contribution < -0.4 is 0 Å². The maximum absolute atomic E-state index is 13.0. The number of likely N-dealkylation sites (tertiary alicyclic amines) is 1. The molecule has 4 nitrogen and oxygen atoms in total. The molecule has 0 radical (unpaired) electrons. The zero-order chi connectivity index (χ0) is 17.0. The second-order valence-corrected chi connectivity index (χ2v) is 6.91. The summed E-state index contributed by atoms with van der Waals surface area (Å²) in [5, 5.41) is 0.